The Morgan fingerprint density at radius 3 is 2.38 bits per heavy atom. The summed E-state index contributed by atoms with van der Waals surface area (Å²) in [5, 5.41) is 0. The maximum absolute atomic E-state index is 11.2. The van der Waals surface area contributed by atoms with Gasteiger partial charge in [-0.05, 0) is 24.0 Å². The summed E-state index contributed by atoms with van der Waals surface area (Å²) in [6.07, 6.45) is 0. The van der Waals surface area contributed by atoms with Crippen LogP contribution < -0.4 is 5.73 Å². The predicted molar refractivity (Wildman–Crippen MR) is 53.8 cm³/mol. The van der Waals surface area contributed by atoms with Crippen LogP contribution in [-0.4, -0.2) is 5.91 Å². The van der Waals surface area contributed by atoms with Crippen LogP contribution in [0.15, 0.2) is 18.2 Å². The number of hydrogen-bond acceptors (Lipinski definition) is 1. The molecule has 70 valence electrons. The van der Waals surface area contributed by atoms with Gasteiger partial charge in [0.1, 0.15) is 0 Å². The van der Waals surface area contributed by atoms with E-state index in [9.17, 15) is 4.79 Å². The lowest BCUT2D eigenvalue weighted by Gasteiger charge is -2.12. The summed E-state index contributed by atoms with van der Waals surface area (Å²) in [4.78, 5) is 11.2. The van der Waals surface area contributed by atoms with Crippen LogP contribution in [0.4, 0.5) is 0 Å². The van der Waals surface area contributed by atoms with E-state index in [0.29, 0.717) is 11.5 Å². The van der Waals surface area contributed by atoms with E-state index in [2.05, 4.69) is 13.8 Å². The molecule has 0 saturated carbocycles. The zero-order chi connectivity index (χ0) is 10.0. The molecule has 2 N–H and O–H groups in total. The van der Waals surface area contributed by atoms with Crippen molar-refractivity contribution in [2.45, 2.75) is 26.7 Å². The lowest BCUT2D eigenvalue weighted by Crippen LogP contribution is -2.16. The van der Waals surface area contributed by atoms with Gasteiger partial charge in [0, 0.05) is 5.56 Å². The van der Waals surface area contributed by atoms with E-state index in [0.717, 1.165) is 11.1 Å². The molecule has 0 heterocycles. The fraction of sp³-hybridized carbons (Fsp3) is 0.364. The first kappa shape index (κ1) is 9.78. The summed E-state index contributed by atoms with van der Waals surface area (Å²) in [5.74, 6) is 0.00389. The van der Waals surface area contributed by atoms with E-state index >= 15 is 0 Å². The zero-order valence-corrected chi connectivity index (χ0v) is 8.29. The normalized spacial score (nSPS) is 10.5. The van der Waals surface area contributed by atoms with Crippen LogP contribution in [0.3, 0.4) is 0 Å². The van der Waals surface area contributed by atoms with Crippen molar-refractivity contribution in [2.24, 2.45) is 5.73 Å². The van der Waals surface area contributed by atoms with Gasteiger partial charge in [-0.15, -0.1) is 0 Å². The largest absolute Gasteiger partial charge is 0.366 e. The Hall–Kier alpha value is -1.31. The Morgan fingerprint density at radius 2 is 2.00 bits per heavy atom. The molecule has 0 saturated heterocycles. The van der Waals surface area contributed by atoms with Gasteiger partial charge in [0.05, 0.1) is 0 Å². The monoisotopic (exact) mass is 177 g/mol. The molecule has 1 rings (SSSR count). The summed E-state index contributed by atoms with van der Waals surface area (Å²) < 4.78 is 0. The summed E-state index contributed by atoms with van der Waals surface area (Å²) >= 11 is 0. The van der Waals surface area contributed by atoms with Crippen LogP contribution in [0, 0.1) is 6.92 Å². The first-order chi connectivity index (χ1) is 6.04. The molecule has 0 aromatic heterocycles. The van der Waals surface area contributed by atoms with E-state index in [4.69, 9.17) is 5.73 Å². The number of aryl methyl sites for hydroxylation is 1. The lowest BCUT2D eigenvalue weighted by atomic mass is 9.93. The maximum atomic E-state index is 11.2. The molecule has 0 radical (unpaired) electrons. The molecule has 1 aromatic rings. The molecule has 0 aliphatic carbocycles. The minimum atomic E-state index is -0.332. The quantitative estimate of drug-likeness (QED) is 0.739. The highest BCUT2D eigenvalue weighted by Crippen LogP contribution is 2.21. The Kier molecular flexibility index (Phi) is 2.71. The molecule has 0 bridgehead atoms. The van der Waals surface area contributed by atoms with Crippen LogP contribution in [0.25, 0.3) is 0 Å². The number of primary amides is 1. The molecule has 13 heavy (non-hydrogen) atoms. The third-order valence-electron chi connectivity index (χ3n) is 2.17. The third kappa shape index (κ3) is 1.89. The van der Waals surface area contributed by atoms with Gasteiger partial charge in [0.2, 0.25) is 5.91 Å². The molecular weight excluding hydrogens is 162 g/mol. The van der Waals surface area contributed by atoms with E-state index in [1.54, 1.807) is 0 Å². The standard InChI is InChI=1S/C11H15NO/c1-7(2)9-6-4-5-8(3)10(9)11(12)13/h4-7H,1-3H3,(H2,12,13). The fourth-order valence-electron chi connectivity index (χ4n) is 1.51. The van der Waals surface area contributed by atoms with Crippen molar-refractivity contribution in [2.75, 3.05) is 0 Å². The number of carbonyl (C=O) groups excluding carboxylic acids is 1. The van der Waals surface area contributed by atoms with E-state index in [-0.39, 0.29) is 5.91 Å². The number of amides is 1. The van der Waals surface area contributed by atoms with Gasteiger partial charge >= 0.3 is 0 Å². The second kappa shape index (κ2) is 3.60. The molecular formula is C11H15NO. The van der Waals surface area contributed by atoms with Crippen LogP contribution >= 0.6 is 0 Å². The first-order valence-corrected chi connectivity index (χ1v) is 4.43. The van der Waals surface area contributed by atoms with Gasteiger partial charge in [-0.2, -0.15) is 0 Å². The molecule has 1 amide bonds. The summed E-state index contributed by atoms with van der Waals surface area (Å²) in [7, 11) is 0. The Morgan fingerprint density at radius 1 is 1.38 bits per heavy atom. The van der Waals surface area contributed by atoms with E-state index in [1.165, 1.54) is 0 Å². The Labute approximate surface area is 78.8 Å². The van der Waals surface area contributed by atoms with E-state index < -0.39 is 0 Å². The highest BCUT2D eigenvalue weighted by atomic mass is 16.1. The molecule has 2 heteroatoms. The van der Waals surface area contributed by atoms with Crippen molar-refractivity contribution in [3.05, 3.63) is 34.9 Å². The van der Waals surface area contributed by atoms with Crippen LogP contribution in [0.1, 0.15) is 41.3 Å². The molecule has 0 aliphatic heterocycles. The summed E-state index contributed by atoms with van der Waals surface area (Å²) in [5.41, 5.74) is 7.98. The predicted octanol–water partition coefficient (Wildman–Crippen LogP) is 2.22. The third-order valence-corrected chi connectivity index (χ3v) is 2.17. The van der Waals surface area contributed by atoms with Crippen LogP contribution in [0.2, 0.25) is 0 Å². The minimum Gasteiger partial charge on any atom is -0.366 e. The van der Waals surface area contributed by atoms with Crippen molar-refractivity contribution in [3.8, 4) is 0 Å². The number of rotatable bonds is 2. The van der Waals surface area contributed by atoms with Crippen molar-refractivity contribution < 1.29 is 4.79 Å². The fourth-order valence-corrected chi connectivity index (χ4v) is 1.51. The van der Waals surface area contributed by atoms with Gasteiger partial charge in [-0.1, -0.05) is 32.0 Å². The second-order valence-corrected chi connectivity index (χ2v) is 3.56. The van der Waals surface area contributed by atoms with Gasteiger partial charge in [0.15, 0.2) is 0 Å². The van der Waals surface area contributed by atoms with Crippen molar-refractivity contribution in [1.29, 1.82) is 0 Å². The van der Waals surface area contributed by atoms with Crippen LogP contribution in [-0.2, 0) is 0 Å². The van der Waals surface area contributed by atoms with E-state index in [1.807, 2.05) is 25.1 Å². The van der Waals surface area contributed by atoms with Gasteiger partial charge < -0.3 is 5.73 Å². The topological polar surface area (TPSA) is 43.1 Å². The highest BCUT2D eigenvalue weighted by molar-refractivity contribution is 5.96. The molecule has 2 nitrogen and oxygen atoms in total. The van der Waals surface area contributed by atoms with Gasteiger partial charge in [-0.3, -0.25) is 4.79 Å². The Bertz CT molecular complexity index is 329. The van der Waals surface area contributed by atoms with Crippen LogP contribution in [0.5, 0.6) is 0 Å². The molecule has 1 aromatic carbocycles. The van der Waals surface area contributed by atoms with Crippen molar-refractivity contribution in [3.63, 3.8) is 0 Å². The minimum absolute atomic E-state index is 0.332. The summed E-state index contributed by atoms with van der Waals surface area (Å²) in [6, 6.07) is 5.82. The molecule has 0 spiro atoms. The zero-order valence-electron chi connectivity index (χ0n) is 8.29. The Balaban J connectivity index is 3.34. The molecule has 0 fully saturated rings. The smallest absolute Gasteiger partial charge is 0.249 e. The molecule has 0 unspecified atom stereocenters. The SMILES string of the molecule is Cc1cccc(C(C)C)c1C(N)=O. The number of benzene rings is 1. The number of carbonyl (C=O) groups is 1. The van der Waals surface area contributed by atoms with Gasteiger partial charge in [-0.25, -0.2) is 0 Å². The average molecular weight is 177 g/mol. The first-order valence-electron chi connectivity index (χ1n) is 4.43. The molecule has 0 atom stereocenters. The maximum Gasteiger partial charge on any atom is 0.249 e. The molecule has 0 aliphatic rings. The number of nitrogens with two attached hydrogens (primary N) is 1. The second-order valence-electron chi connectivity index (χ2n) is 3.56. The summed E-state index contributed by atoms with van der Waals surface area (Å²) in [6.45, 7) is 6.02. The highest BCUT2D eigenvalue weighted by Gasteiger charge is 2.12. The lowest BCUT2D eigenvalue weighted by molar-refractivity contribution is 0.0998. The average Bonchev–Trinajstić information content (AvgIpc) is 2.02. The van der Waals surface area contributed by atoms with Gasteiger partial charge in [0.25, 0.3) is 0 Å². The van der Waals surface area contributed by atoms with Crippen molar-refractivity contribution in [1.82, 2.24) is 0 Å². The number of hydrogen-bond donors (Lipinski definition) is 1. The van der Waals surface area contributed by atoms with Crippen molar-refractivity contribution >= 4 is 5.91 Å².